The summed E-state index contributed by atoms with van der Waals surface area (Å²) in [4.78, 5) is 25.3. The van der Waals surface area contributed by atoms with E-state index in [0.29, 0.717) is 17.8 Å². The number of sulfonamides is 1. The maximum atomic E-state index is 12.8. The third kappa shape index (κ3) is 4.80. The largest absolute Gasteiger partial charge is 0.451 e. The number of ether oxygens (including phenoxy) is 1. The number of carbonyl (C=O) groups excluding carboxylic acids is 2. The first-order valence-corrected chi connectivity index (χ1v) is 12.6. The molecule has 4 fully saturated rings. The molecule has 0 aliphatic heterocycles. The van der Waals surface area contributed by atoms with Crippen molar-refractivity contribution in [3.8, 4) is 0 Å². The third-order valence-electron chi connectivity index (χ3n) is 7.11. The Bertz CT molecular complexity index is 921. The van der Waals surface area contributed by atoms with Crippen molar-refractivity contribution in [1.82, 2.24) is 10.0 Å². The lowest BCUT2D eigenvalue weighted by atomic mass is 9.53. The normalized spacial score (nSPS) is 31.1. The second-order valence-corrected chi connectivity index (χ2v) is 11.6. The predicted octanol–water partition coefficient (Wildman–Crippen LogP) is 2.68. The van der Waals surface area contributed by atoms with Gasteiger partial charge in [-0.3, -0.25) is 9.59 Å². The smallest absolute Gasteiger partial charge is 0.324 e. The van der Waals surface area contributed by atoms with E-state index < -0.39 is 28.1 Å². The molecule has 0 radical (unpaired) electrons. The summed E-state index contributed by atoms with van der Waals surface area (Å²) in [5.41, 5.74) is 0.774. The highest BCUT2D eigenvalue weighted by molar-refractivity contribution is 7.89. The van der Waals surface area contributed by atoms with Crippen molar-refractivity contribution in [2.75, 3.05) is 0 Å². The van der Waals surface area contributed by atoms with E-state index in [1.807, 2.05) is 6.92 Å². The molecule has 4 bridgehead atoms. The van der Waals surface area contributed by atoms with Crippen LogP contribution in [0.5, 0.6) is 0 Å². The average molecular weight is 449 g/mol. The first kappa shape index (κ1) is 22.3. The molecular formula is C23H32N2O5S. The molecule has 0 unspecified atom stereocenters. The van der Waals surface area contributed by atoms with E-state index in [4.69, 9.17) is 4.74 Å². The van der Waals surface area contributed by atoms with Crippen LogP contribution in [0.15, 0.2) is 29.2 Å². The Kier molecular flexibility index (Phi) is 5.89. The van der Waals surface area contributed by atoms with Gasteiger partial charge in [0.05, 0.1) is 4.90 Å². The van der Waals surface area contributed by atoms with Crippen LogP contribution in [0.3, 0.4) is 0 Å². The number of rotatable bonds is 7. The molecule has 4 aliphatic rings. The Morgan fingerprint density at radius 2 is 1.52 bits per heavy atom. The molecule has 1 aromatic rings. The highest BCUT2D eigenvalue weighted by Gasteiger charge is 2.51. The predicted molar refractivity (Wildman–Crippen MR) is 116 cm³/mol. The Morgan fingerprint density at radius 1 is 1.00 bits per heavy atom. The number of carbonyl (C=O) groups is 2. The highest BCUT2D eigenvalue weighted by atomic mass is 32.2. The van der Waals surface area contributed by atoms with Gasteiger partial charge in [0, 0.05) is 5.54 Å². The summed E-state index contributed by atoms with van der Waals surface area (Å²) >= 11 is 0. The first-order valence-electron chi connectivity index (χ1n) is 11.2. The standard InChI is InChI=1S/C23H32N2O5S/c1-14-4-6-20(7-5-14)31(28,29)25-15(2)22(27)30-16(3)21(26)24-23-11-17-8-18(12-23)10-19(9-17)13-23/h4-7,15-19,25H,8-13H2,1-3H3,(H,24,26)/t15-,16-,17?,18?,19?,23?/m1/s1. The van der Waals surface area contributed by atoms with E-state index in [-0.39, 0.29) is 16.3 Å². The number of hydrogen-bond donors (Lipinski definition) is 2. The van der Waals surface area contributed by atoms with Gasteiger partial charge >= 0.3 is 5.97 Å². The fraction of sp³-hybridized carbons (Fsp3) is 0.652. The molecule has 4 saturated carbocycles. The van der Waals surface area contributed by atoms with Crippen molar-refractivity contribution in [3.63, 3.8) is 0 Å². The number of aryl methyl sites for hydroxylation is 1. The lowest BCUT2D eigenvalue weighted by Gasteiger charge is -2.57. The molecule has 2 N–H and O–H groups in total. The van der Waals surface area contributed by atoms with Crippen LogP contribution >= 0.6 is 0 Å². The van der Waals surface area contributed by atoms with Gasteiger partial charge in [-0.05, 0) is 89.2 Å². The fourth-order valence-corrected chi connectivity index (χ4v) is 7.21. The SMILES string of the molecule is Cc1ccc(S(=O)(=O)N[C@H](C)C(=O)O[C@H](C)C(=O)NC23CC4CC(CC(C4)C2)C3)cc1. The monoisotopic (exact) mass is 448 g/mol. The topological polar surface area (TPSA) is 102 Å². The van der Waals surface area contributed by atoms with Gasteiger partial charge in [0.2, 0.25) is 10.0 Å². The summed E-state index contributed by atoms with van der Waals surface area (Å²) in [5, 5.41) is 3.19. The van der Waals surface area contributed by atoms with Crippen LogP contribution in [0.4, 0.5) is 0 Å². The van der Waals surface area contributed by atoms with Gasteiger partial charge in [0.1, 0.15) is 6.04 Å². The van der Waals surface area contributed by atoms with Crippen LogP contribution in [0.25, 0.3) is 0 Å². The zero-order valence-electron chi connectivity index (χ0n) is 18.4. The van der Waals surface area contributed by atoms with E-state index in [2.05, 4.69) is 10.0 Å². The van der Waals surface area contributed by atoms with Crippen molar-refractivity contribution in [3.05, 3.63) is 29.8 Å². The maximum absolute atomic E-state index is 12.8. The molecule has 0 aromatic heterocycles. The lowest BCUT2D eigenvalue weighted by Crippen LogP contribution is -2.61. The number of amides is 1. The summed E-state index contributed by atoms with van der Waals surface area (Å²) in [7, 11) is -3.87. The van der Waals surface area contributed by atoms with Crippen molar-refractivity contribution in [1.29, 1.82) is 0 Å². The molecule has 170 valence electrons. The van der Waals surface area contributed by atoms with E-state index in [1.54, 1.807) is 12.1 Å². The van der Waals surface area contributed by atoms with Gasteiger partial charge < -0.3 is 10.1 Å². The van der Waals surface area contributed by atoms with Gasteiger partial charge in [-0.2, -0.15) is 4.72 Å². The molecular weight excluding hydrogens is 416 g/mol. The van der Waals surface area contributed by atoms with Crippen molar-refractivity contribution in [2.24, 2.45) is 17.8 Å². The summed E-state index contributed by atoms with van der Waals surface area (Å²) in [6.07, 6.45) is 5.88. The molecule has 1 amide bonds. The Morgan fingerprint density at radius 3 is 2.03 bits per heavy atom. The molecule has 0 spiro atoms. The van der Waals surface area contributed by atoms with Gasteiger partial charge in [-0.25, -0.2) is 8.42 Å². The zero-order chi connectivity index (χ0) is 22.4. The Hall–Kier alpha value is -1.93. The first-order chi connectivity index (χ1) is 14.6. The number of esters is 1. The molecule has 0 heterocycles. The van der Waals surface area contributed by atoms with E-state index >= 15 is 0 Å². The summed E-state index contributed by atoms with van der Waals surface area (Å²) in [5.74, 6) is 1.01. The van der Waals surface area contributed by atoms with E-state index in [9.17, 15) is 18.0 Å². The second kappa shape index (κ2) is 8.20. The minimum Gasteiger partial charge on any atom is -0.451 e. The van der Waals surface area contributed by atoms with Crippen LogP contribution in [0.2, 0.25) is 0 Å². The molecule has 0 saturated heterocycles. The van der Waals surface area contributed by atoms with Crippen molar-refractivity contribution < 1.29 is 22.7 Å². The van der Waals surface area contributed by atoms with Gasteiger partial charge in [-0.1, -0.05) is 17.7 Å². The van der Waals surface area contributed by atoms with Gasteiger partial charge in [0.25, 0.3) is 5.91 Å². The fourth-order valence-electron chi connectivity index (χ4n) is 6.02. The lowest BCUT2D eigenvalue weighted by molar-refractivity contribution is -0.157. The van der Waals surface area contributed by atoms with Gasteiger partial charge in [-0.15, -0.1) is 0 Å². The average Bonchev–Trinajstić information content (AvgIpc) is 2.66. The van der Waals surface area contributed by atoms with Crippen LogP contribution in [-0.4, -0.2) is 38.0 Å². The quantitative estimate of drug-likeness (QED) is 0.625. The Balaban J connectivity index is 1.32. The van der Waals surface area contributed by atoms with Crippen LogP contribution < -0.4 is 10.0 Å². The minimum atomic E-state index is -3.87. The molecule has 7 nitrogen and oxygen atoms in total. The molecule has 2 atom stereocenters. The van der Waals surface area contributed by atoms with Crippen LogP contribution in [-0.2, 0) is 24.3 Å². The molecule has 31 heavy (non-hydrogen) atoms. The third-order valence-corrected chi connectivity index (χ3v) is 8.66. The Labute approximate surface area is 184 Å². The molecule has 8 heteroatoms. The summed E-state index contributed by atoms with van der Waals surface area (Å²) in [6.45, 7) is 4.81. The summed E-state index contributed by atoms with van der Waals surface area (Å²) in [6, 6.07) is 5.23. The van der Waals surface area contributed by atoms with E-state index in [0.717, 1.165) is 24.8 Å². The minimum absolute atomic E-state index is 0.0744. The zero-order valence-corrected chi connectivity index (χ0v) is 19.2. The number of benzene rings is 1. The molecule has 4 aliphatic carbocycles. The van der Waals surface area contributed by atoms with E-state index in [1.165, 1.54) is 45.2 Å². The second-order valence-electron chi connectivity index (χ2n) is 9.92. The molecule has 5 rings (SSSR count). The van der Waals surface area contributed by atoms with Crippen LogP contribution in [0, 0.1) is 24.7 Å². The molecule has 1 aromatic carbocycles. The number of hydrogen-bond acceptors (Lipinski definition) is 5. The van der Waals surface area contributed by atoms with Crippen molar-refractivity contribution >= 4 is 21.9 Å². The van der Waals surface area contributed by atoms with Crippen LogP contribution in [0.1, 0.15) is 57.9 Å². The number of nitrogens with one attached hydrogen (secondary N) is 2. The summed E-state index contributed by atoms with van der Waals surface area (Å²) < 4.78 is 32.6. The van der Waals surface area contributed by atoms with Gasteiger partial charge in [0.15, 0.2) is 6.10 Å². The highest BCUT2D eigenvalue weighted by Crippen LogP contribution is 2.55. The maximum Gasteiger partial charge on any atom is 0.324 e. The van der Waals surface area contributed by atoms with Crippen molar-refractivity contribution in [2.45, 2.75) is 81.9 Å².